The number of ether oxygens (including phenoxy) is 1. The number of aryl methyl sites for hydroxylation is 1. The molecule has 2 N–H and O–H groups in total. The van der Waals surface area contributed by atoms with Gasteiger partial charge in [-0.1, -0.05) is 12.1 Å². The third kappa shape index (κ3) is 3.80. The molecular formula is C13H22NO4P. The van der Waals surface area contributed by atoms with E-state index in [1.807, 2.05) is 19.1 Å². The minimum absolute atomic E-state index is 0.286. The molecule has 0 spiro atoms. The van der Waals surface area contributed by atoms with Crippen molar-refractivity contribution in [3.8, 4) is 5.75 Å². The van der Waals surface area contributed by atoms with Crippen LogP contribution in [0.4, 0.5) is 0 Å². The maximum atomic E-state index is 12.6. The van der Waals surface area contributed by atoms with Crippen LogP contribution in [0.3, 0.4) is 0 Å². The molecule has 0 saturated heterocycles. The molecule has 0 aliphatic heterocycles. The van der Waals surface area contributed by atoms with Crippen molar-refractivity contribution in [2.75, 3.05) is 20.3 Å². The molecule has 0 radical (unpaired) electrons. The standard InChI is InChI=1S/C13H22NO4P/c1-5-17-19(15,18-6-2)13(14)11-8-7-10(3)12(9-11)16-4/h7-9,13H,5-6,14H2,1-4H3/t13-/m0/s1. The molecule has 0 aliphatic carbocycles. The number of hydrogen-bond acceptors (Lipinski definition) is 5. The zero-order valence-corrected chi connectivity index (χ0v) is 12.8. The van der Waals surface area contributed by atoms with Gasteiger partial charge in [0.2, 0.25) is 0 Å². The monoisotopic (exact) mass is 287 g/mol. The van der Waals surface area contributed by atoms with Gasteiger partial charge in [-0.05, 0) is 38.0 Å². The van der Waals surface area contributed by atoms with Gasteiger partial charge in [-0.15, -0.1) is 0 Å². The topological polar surface area (TPSA) is 70.8 Å². The number of rotatable bonds is 7. The van der Waals surface area contributed by atoms with Crippen LogP contribution >= 0.6 is 7.60 Å². The quantitative estimate of drug-likeness (QED) is 0.780. The van der Waals surface area contributed by atoms with Crippen LogP contribution in [0.2, 0.25) is 0 Å². The number of methoxy groups -OCH3 is 1. The van der Waals surface area contributed by atoms with Crippen molar-refractivity contribution in [3.05, 3.63) is 29.3 Å². The van der Waals surface area contributed by atoms with E-state index in [0.717, 1.165) is 5.56 Å². The first-order valence-corrected chi connectivity index (χ1v) is 7.88. The fraction of sp³-hybridized carbons (Fsp3) is 0.538. The van der Waals surface area contributed by atoms with Gasteiger partial charge in [0.1, 0.15) is 11.5 Å². The highest BCUT2D eigenvalue weighted by Crippen LogP contribution is 2.58. The highest BCUT2D eigenvalue weighted by atomic mass is 31.2. The summed E-state index contributed by atoms with van der Waals surface area (Å²) in [6.45, 7) is 6.02. The van der Waals surface area contributed by atoms with Crippen molar-refractivity contribution in [1.29, 1.82) is 0 Å². The second kappa shape index (κ2) is 7.06. The summed E-state index contributed by atoms with van der Waals surface area (Å²) >= 11 is 0. The Morgan fingerprint density at radius 2 is 1.84 bits per heavy atom. The molecule has 0 aromatic heterocycles. The highest BCUT2D eigenvalue weighted by Gasteiger charge is 2.34. The first-order chi connectivity index (χ1) is 8.98. The number of benzene rings is 1. The molecule has 1 atom stereocenters. The summed E-state index contributed by atoms with van der Waals surface area (Å²) in [7, 11) is -1.77. The fourth-order valence-corrected chi connectivity index (χ4v) is 3.40. The van der Waals surface area contributed by atoms with Gasteiger partial charge in [-0.3, -0.25) is 4.57 Å². The largest absolute Gasteiger partial charge is 0.496 e. The Bertz CT molecular complexity index is 454. The molecule has 0 fully saturated rings. The van der Waals surface area contributed by atoms with E-state index < -0.39 is 13.4 Å². The van der Waals surface area contributed by atoms with Gasteiger partial charge < -0.3 is 19.5 Å². The van der Waals surface area contributed by atoms with Gasteiger partial charge in [-0.25, -0.2) is 0 Å². The zero-order chi connectivity index (χ0) is 14.5. The highest BCUT2D eigenvalue weighted by molar-refractivity contribution is 7.54. The van der Waals surface area contributed by atoms with Gasteiger partial charge in [0, 0.05) is 0 Å². The maximum Gasteiger partial charge on any atom is 0.351 e. The number of hydrogen-bond donors (Lipinski definition) is 1. The summed E-state index contributed by atoms with van der Waals surface area (Å²) in [5.41, 5.74) is 7.71. The Labute approximate surface area is 114 Å². The van der Waals surface area contributed by atoms with Crippen molar-refractivity contribution >= 4 is 7.60 Å². The molecule has 0 aliphatic rings. The molecule has 0 amide bonds. The molecule has 1 rings (SSSR count). The lowest BCUT2D eigenvalue weighted by molar-refractivity contribution is 0.212. The normalized spacial score (nSPS) is 13.3. The first-order valence-electron chi connectivity index (χ1n) is 6.27. The third-order valence-corrected chi connectivity index (χ3v) is 4.95. The van der Waals surface area contributed by atoms with Crippen LogP contribution in [0.5, 0.6) is 5.75 Å². The smallest absolute Gasteiger partial charge is 0.351 e. The van der Waals surface area contributed by atoms with Crippen molar-refractivity contribution in [3.63, 3.8) is 0 Å². The Kier molecular flexibility index (Phi) is 6.01. The van der Waals surface area contributed by atoms with Crippen LogP contribution in [0, 0.1) is 6.92 Å². The fourth-order valence-electron chi connectivity index (χ4n) is 1.76. The Balaban J connectivity index is 3.09. The van der Waals surface area contributed by atoms with Gasteiger partial charge in [0.15, 0.2) is 0 Å². The lowest BCUT2D eigenvalue weighted by Gasteiger charge is -2.23. The van der Waals surface area contributed by atoms with Gasteiger partial charge >= 0.3 is 7.60 Å². The van der Waals surface area contributed by atoms with Crippen molar-refractivity contribution < 1.29 is 18.3 Å². The van der Waals surface area contributed by atoms with Gasteiger partial charge in [0.25, 0.3) is 0 Å². The van der Waals surface area contributed by atoms with Crippen LogP contribution < -0.4 is 10.5 Å². The lowest BCUT2D eigenvalue weighted by atomic mass is 10.1. The Morgan fingerprint density at radius 3 is 2.32 bits per heavy atom. The lowest BCUT2D eigenvalue weighted by Crippen LogP contribution is -2.15. The summed E-state index contributed by atoms with van der Waals surface area (Å²) in [6, 6.07) is 5.45. The predicted molar refractivity (Wildman–Crippen MR) is 75.5 cm³/mol. The minimum atomic E-state index is -3.36. The summed E-state index contributed by atoms with van der Waals surface area (Å²) in [5, 5.41) is 0. The van der Waals surface area contributed by atoms with E-state index in [0.29, 0.717) is 11.3 Å². The molecule has 0 saturated carbocycles. The van der Waals surface area contributed by atoms with Gasteiger partial charge in [0.05, 0.1) is 20.3 Å². The van der Waals surface area contributed by atoms with Crippen molar-refractivity contribution in [1.82, 2.24) is 0 Å². The van der Waals surface area contributed by atoms with Crippen LogP contribution in [0.15, 0.2) is 18.2 Å². The molecule has 0 unspecified atom stereocenters. The minimum Gasteiger partial charge on any atom is -0.496 e. The maximum absolute atomic E-state index is 12.6. The molecule has 108 valence electrons. The van der Waals surface area contributed by atoms with Crippen LogP contribution in [-0.4, -0.2) is 20.3 Å². The van der Waals surface area contributed by atoms with E-state index in [1.165, 1.54) is 0 Å². The molecule has 19 heavy (non-hydrogen) atoms. The van der Waals surface area contributed by atoms with E-state index in [-0.39, 0.29) is 13.2 Å². The summed E-state index contributed by atoms with van der Waals surface area (Å²) < 4.78 is 28.3. The predicted octanol–water partition coefficient (Wildman–Crippen LogP) is 3.23. The van der Waals surface area contributed by atoms with E-state index in [1.54, 1.807) is 27.0 Å². The molecule has 5 nitrogen and oxygen atoms in total. The number of nitrogens with two attached hydrogens (primary N) is 1. The summed E-state index contributed by atoms with van der Waals surface area (Å²) in [4.78, 5) is 0. The Hall–Kier alpha value is -0.870. The molecular weight excluding hydrogens is 265 g/mol. The van der Waals surface area contributed by atoms with Crippen LogP contribution in [0.25, 0.3) is 0 Å². The van der Waals surface area contributed by atoms with Crippen LogP contribution in [-0.2, 0) is 13.6 Å². The molecule has 1 aromatic rings. The van der Waals surface area contributed by atoms with E-state index in [2.05, 4.69) is 0 Å². The van der Waals surface area contributed by atoms with E-state index in [9.17, 15) is 4.57 Å². The van der Waals surface area contributed by atoms with Crippen molar-refractivity contribution in [2.24, 2.45) is 5.73 Å². The van der Waals surface area contributed by atoms with Crippen LogP contribution in [0.1, 0.15) is 30.8 Å². The average molecular weight is 287 g/mol. The van der Waals surface area contributed by atoms with E-state index in [4.69, 9.17) is 19.5 Å². The second-order valence-electron chi connectivity index (χ2n) is 4.05. The molecule has 6 heteroatoms. The Morgan fingerprint density at radius 1 is 1.26 bits per heavy atom. The molecule has 0 heterocycles. The SMILES string of the molecule is CCOP(=O)(OCC)[C@H](N)c1ccc(C)c(OC)c1. The van der Waals surface area contributed by atoms with E-state index >= 15 is 0 Å². The van der Waals surface area contributed by atoms with Gasteiger partial charge in [-0.2, -0.15) is 0 Å². The van der Waals surface area contributed by atoms with Crippen molar-refractivity contribution in [2.45, 2.75) is 26.6 Å². The molecule has 0 bridgehead atoms. The molecule has 1 aromatic carbocycles. The third-order valence-electron chi connectivity index (χ3n) is 2.73. The first kappa shape index (κ1) is 16.2. The zero-order valence-electron chi connectivity index (χ0n) is 11.9. The second-order valence-corrected chi connectivity index (χ2v) is 6.20. The summed E-state index contributed by atoms with van der Waals surface area (Å²) in [6.07, 6.45) is 0. The average Bonchev–Trinajstić information content (AvgIpc) is 2.39. The summed E-state index contributed by atoms with van der Waals surface area (Å²) in [5.74, 6) is -0.116.